The van der Waals surface area contributed by atoms with E-state index in [0.717, 1.165) is 19.6 Å². The lowest BCUT2D eigenvalue weighted by Crippen LogP contribution is -2.41. The fraction of sp³-hybridized carbons (Fsp3) is 0.250. The zero-order chi connectivity index (χ0) is 28.1. The van der Waals surface area contributed by atoms with Gasteiger partial charge in [-0.25, -0.2) is 4.39 Å². The van der Waals surface area contributed by atoms with E-state index in [1.807, 2.05) is 0 Å². The number of rotatable bonds is 9. The molecule has 0 radical (unpaired) electrons. The van der Waals surface area contributed by atoms with Gasteiger partial charge in [-0.2, -0.15) is 0 Å². The number of amides is 1. The van der Waals surface area contributed by atoms with E-state index in [1.165, 1.54) is 24.3 Å². The number of nitrogens with one attached hydrogen (secondary N) is 1. The van der Waals surface area contributed by atoms with Gasteiger partial charge in [-0.05, 0) is 36.4 Å². The largest absolute Gasteiger partial charge is 0.453 e. The molecule has 9 nitrogen and oxygen atoms in total. The van der Waals surface area contributed by atoms with Gasteiger partial charge in [-0.3, -0.25) is 9.69 Å². The van der Waals surface area contributed by atoms with Crippen LogP contribution in [0.3, 0.4) is 0 Å². The van der Waals surface area contributed by atoms with Crippen LogP contribution in [0.15, 0.2) is 59.0 Å². The summed E-state index contributed by atoms with van der Waals surface area (Å²) in [5.41, 5.74) is 7.43. The number of morpholine rings is 1. The number of nitrogens with two attached hydrogens (primary N) is 1. The molecule has 1 aliphatic heterocycles. The Labute approximate surface area is 240 Å². The molecule has 1 saturated heterocycles. The Bertz CT molecular complexity index is 1490. The summed E-state index contributed by atoms with van der Waals surface area (Å²) in [5, 5.41) is 11.5. The van der Waals surface area contributed by atoms with E-state index >= 15 is 4.39 Å². The summed E-state index contributed by atoms with van der Waals surface area (Å²) < 4.78 is 32.2. The Balaban J connectivity index is 1.26. The van der Waals surface area contributed by atoms with Crippen molar-refractivity contribution in [3.8, 4) is 23.0 Å². The molecule has 1 aliphatic rings. The van der Waals surface area contributed by atoms with Gasteiger partial charge in [-0.15, -0.1) is 10.2 Å². The van der Waals surface area contributed by atoms with Crippen LogP contribution in [0.2, 0.25) is 10.0 Å². The van der Waals surface area contributed by atoms with Crippen molar-refractivity contribution in [3.05, 3.63) is 87.5 Å². The van der Waals surface area contributed by atoms with Crippen LogP contribution in [0.1, 0.15) is 21.8 Å². The van der Waals surface area contributed by atoms with Gasteiger partial charge >= 0.3 is 0 Å². The summed E-state index contributed by atoms with van der Waals surface area (Å²) in [6.45, 7) is 4.41. The Hall–Kier alpha value is -3.70. The Morgan fingerprint density at radius 2 is 1.93 bits per heavy atom. The van der Waals surface area contributed by atoms with Gasteiger partial charge in [-0.1, -0.05) is 35.3 Å². The molecular weight excluding hydrogens is 560 g/mol. The number of ether oxygens (including phenoxy) is 2. The van der Waals surface area contributed by atoms with Crippen molar-refractivity contribution in [1.82, 2.24) is 20.4 Å². The third kappa shape index (κ3) is 6.89. The number of nitrogen functional groups attached to an aromatic ring is 1. The molecule has 5 rings (SSSR count). The molecule has 3 N–H and O–H groups in total. The molecule has 208 valence electrons. The van der Waals surface area contributed by atoms with Crippen LogP contribution in [0.25, 0.3) is 11.5 Å². The summed E-state index contributed by atoms with van der Waals surface area (Å²) in [5.74, 6) is -0.428. The molecule has 1 amide bonds. The maximum atomic E-state index is 15.4. The van der Waals surface area contributed by atoms with Crippen LogP contribution in [0.5, 0.6) is 11.5 Å². The highest BCUT2D eigenvalue weighted by atomic mass is 35.5. The second kappa shape index (κ2) is 12.6. The predicted molar refractivity (Wildman–Crippen MR) is 149 cm³/mol. The number of hydrogen-bond acceptors (Lipinski definition) is 8. The molecule has 2 heterocycles. The number of halogens is 3. The molecule has 0 saturated carbocycles. The maximum absolute atomic E-state index is 15.4. The summed E-state index contributed by atoms with van der Waals surface area (Å²) in [6, 6.07) is 14.5. The van der Waals surface area contributed by atoms with Crippen LogP contribution in [-0.2, 0) is 11.2 Å². The van der Waals surface area contributed by atoms with Gasteiger partial charge in [0.1, 0.15) is 5.75 Å². The molecule has 0 unspecified atom stereocenters. The fourth-order valence-corrected chi connectivity index (χ4v) is 4.64. The van der Waals surface area contributed by atoms with Gasteiger partial charge < -0.3 is 24.9 Å². The first-order valence-electron chi connectivity index (χ1n) is 12.6. The van der Waals surface area contributed by atoms with Gasteiger partial charge in [0.2, 0.25) is 11.8 Å². The van der Waals surface area contributed by atoms with Gasteiger partial charge in [0, 0.05) is 59.6 Å². The van der Waals surface area contributed by atoms with Crippen molar-refractivity contribution in [2.75, 3.05) is 45.1 Å². The van der Waals surface area contributed by atoms with Gasteiger partial charge in [0.25, 0.3) is 5.91 Å². The van der Waals surface area contributed by atoms with E-state index in [2.05, 4.69) is 20.4 Å². The quantitative estimate of drug-likeness (QED) is 0.257. The molecule has 12 heteroatoms. The predicted octanol–water partition coefficient (Wildman–Crippen LogP) is 5.21. The molecule has 40 heavy (non-hydrogen) atoms. The van der Waals surface area contributed by atoms with E-state index in [1.54, 1.807) is 30.3 Å². The standard InChI is InChI=1S/C28H26Cl2FN5O4/c29-20-14-21(32)16-22(15-20)39-26-23(30)5-4-17(25(26)31)13-24-34-35-28(40-24)19-3-1-2-18(12-19)27(37)33-6-7-36-8-10-38-11-9-36/h1-5,12,14-16H,6-11,13,32H2,(H,33,37). The van der Waals surface area contributed by atoms with Crippen LogP contribution in [0, 0.1) is 5.82 Å². The molecular formula is C28H26Cl2FN5O4. The first kappa shape index (κ1) is 27.9. The lowest BCUT2D eigenvalue weighted by molar-refractivity contribution is 0.0383. The Morgan fingerprint density at radius 3 is 2.73 bits per heavy atom. The van der Waals surface area contributed by atoms with Crippen LogP contribution < -0.4 is 15.8 Å². The normalized spacial score (nSPS) is 13.8. The van der Waals surface area contributed by atoms with Crippen molar-refractivity contribution in [2.45, 2.75) is 6.42 Å². The van der Waals surface area contributed by atoms with Gasteiger partial charge in [0.05, 0.1) is 24.7 Å². The smallest absolute Gasteiger partial charge is 0.251 e. The van der Waals surface area contributed by atoms with Crippen molar-refractivity contribution < 1.29 is 23.1 Å². The zero-order valence-corrected chi connectivity index (χ0v) is 22.8. The summed E-state index contributed by atoms with van der Waals surface area (Å²) in [4.78, 5) is 14.9. The minimum absolute atomic E-state index is 0.00817. The van der Waals surface area contributed by atoms with Crippen molar-refractivity contribution in [2.24, 2.45) is 0 Å². The minimum Gasteiger partial charge on any atom is -0.453 e. The van der Waals surface area contributed by atoms with Crippen LogP contribution in [0.4, 0.5) is 10.1 Å². The molecule has 1 fully saturated rings. The Kier molecular flexibility index (Phi) is 8.81. The number of anilines is 1. The average molecular weight is 586 g/mol. The second-order valence-electron chi connectivity index (χ2n) is 9.14. The van der Waals surface area contributed by atoms with Crippen LogP contribution in [-0.4, -0.2) is 60.4 Å². The summed E-state index contributed by atoms with van der Waals surface area (Å²) in [7, 11) is 0. The first-order chi connectivity index (χ1) is 19.4. The van der Waals surface area contributed by atoms with E-state index in [0.29, 0.717) is 41.6 Å². The molecule has 0 atom stereocenters. The molecule has 0 aliphatic carbocycles. The minimum atomic E-state index is -0.679. The van der Waals surface area contributed by atoms with E-state index in [9.17, 15) is 4.79 Å². The number of hydrogen-bond donors (Lipinski definition) is 2. The maximum Gasteiger partial charge on any atom is 0.251 e. The number of aromatic nitrogens is 2. The molecule has 1 aromatic heterocycles. The highest BCUT2D eigenvalue weighted by Gasteiger charge is 2.19. The lowest BCUT2D eigenvalue weighted by atomic mass is 10.1. The summed E-state index contributed by atoms with van der Waals surface area (Å²) in [6.07, 6.45) is -0.00817. The number of carbonyl (C=O) groups excluding carboxylic acids is 1. The number of benzene rings is 3. The molecule has 4 aromatic rings. The highest BCUT2D eigenvalue weighted by Crippen LogP contribution is 2.36. The van der Waals surface area contributed by atoms with Crippen LogP contribution >= 0.6 is 23.2 Å². The third-order valence-corrected chi connectivity index (χ3v) is 6.76. The topological polar surface area (TPSA) is 116 Å². The SMILES string of the molecule is Nc1cc(Cl)cc(Oc2c(Cl)ccc(Cc3nnc(-c4cccc(C(=O)NCCN5CCOCC5)c4)o3)c2F)c1. The van der Waals surface area contributed by atoms with Crippen molar-refractivity contribution in [1.29, 1.82) is 0 Å². The second-order valence-corrected chi connectivity index (χ2v) is 9.98. The van der Waals surface area contributed by atoms with E-state index in [4.69, 9.17) is 42.8 Å². The third-order valence-electron chi connectivity index (χ3n) is 6.24. The lowest BCUT2D eigenvalue weighted by Gasteiger charge is -2.26. The summed E-state index contributed by atoms with van der Waals surface area (Å²) >= 11 is 12.2. The van der Waals surface area contributed by atoms with E-state index < -0.39 is 5.82 Å². The van der Waals surface area contributed by atoms with Crippen molar-refractivity contribution in [3.63, 3.8) is 0 Å². The Morgan fingerprint density at radius 1 is 1.10 bits per heavy atom. The van der Waals surface area contributed by atoms with E-state index in [-0.39, 0.29) is 46.2 Å². The highest BCUT2D eigenvalue weighted by molar-refractivity contribution is 6.32. The monoisotopic (exact) mass is 585 g/mol. The molecule has 0 bridgehead atoms. The molecule has 0 spiro atoms. The fourth-order valence-electron chi connectivity index (χ4n) is 4.22. The molecule has 3 aromatic carbocycles. The van der Waals surface area contributed by atoms with Gasteiger partial charge in [0.15, 0.2) is 11.6 Å². The van der Waals surface area contributed by atoms with Crippen molar-refractivity contribution >= 4 is 34.8 Å². The number of carbonyl (C=O) groups is 1. The first-order valence-corrected chi connectivity index (χ1v) is 13.3. The zero-order valence-electron chi connectivity index (χ0n) is 21.3. The average Bonchev–Trinajstić information content (AvgIpc) is 3.41. The number of nitrogens with zero attached hydrogens (tertiary/aromatic N) is 3.